The lowest BCUT2D eigenvalue weighted by atomic mass is 10.1. The summed E-state index contributed by atoms with van der Waals surface area (Å²) in [6, 6.07) is 7.70. The van der Waals surface area contributed by atoms with Crippen LogP contribution in [0, 0.1) is 19.8 Å². The van der Waals surface area contributed by atoms with Gasteiger partial charge in [0.1, 0.15) is 0 Å². The largest absolute Gasteiger partial charge is 0.347 e. The van der Waals surface area contributed by atoms with Gasteiger partial charge in [0.05, 0.1) is 12.5 Å². The number of benzene rings is 1. The van der Waals surface area contributed by atoms with Gasteiger partial charge in [-0.1, -0.05) is 22.9 Å². The van der Waals surface area contributed by atoms with Crippen molar-refractivity contribution in [2.24, 2.45) is 5.92 Å². The van der Waals surface area contributed by atoms with Gasteiger partial charge in [-0.25, -0.2) is 0 Å². The molecule has 1 fully saturated rings. The SMILES string of the molecule is Cc1ccc(N2C[C@H](C(=O)NCc3nc(C)no3)CC2=O)cc1. The van der Waals surface area contributed by atoms with Crippen LogP contribution in [0.2, 0.25) is 0 Å². The third-order valence-electron chi connectivity index (χ3n) is 3.82. The number of hydrogen-bond acceptors (Lipinski definition) is 5. The molecule has 0 spiro atoms. The first kappa shape index (κ1) is 15.2. The summed E-state index contributed by atoms with van der Waals surface area (Å²) in [6.07, 6.45) is 0.211. The number of hydrogen-bond donors (Lipinski definition) is 1. The van der Waals surface area contributed by atoms with Crippen LogP contribution >= 0.6 is 0 Å². The first-order chi connectivity index (χ1) is 11.0. The maximum absolute atomic E-state index is 12.2. The molecule has 7 nitrogen and oxygen atoms in total. The molecule has 1 aromatic carbocycles. The number of aromatic nitrogens is 2. The van der Waals surface area contributed by atoms with Crippen molar-refractivity contribution in [3.8, 4) is 0 Å². The Labute approximate surface area is 133 Å². The van der Waals surface area contributed by atoms with E-state index in [2.05, 4.69) is 15.5 Å². The van der Waals surface area contributed by atoms with Crippen LogP contribution in [-0.2, 0) is 16.1 Å². The number of anilines is 1. The van der Waals surface area contributed by atoms with Crippen LogP contribution in [0.25, 0.3) is 0 Å². The lowest BCUT2D eigenvalue weighted by molar-refractivity contribution is -0.126. The summed E-state index contributed by atoms with van der Waals surface area (Å²) in [5, 5.41) is 6.41. The Bertz CT molecular complexity index is 723. The highest BCUT2D eigenvalue weighted by Gasteiger charge is 2.35. The molecule has 0 aliphatic carbocycles. The third kappa shape index (κ3) is 3.39. The Morgan fingerprint density at radius 3 is 2.74 bits per heavy atom. The molecule has 23 heavy (non-hydrogen) atoms. The number of carbonyl (C=O) groups excluding carboxylic acids is 2. The van der Waals surface area contributed by atoms with Crippen LogP contribution in [0.15, 0.2) is 28.8 Å². The molecule has 1 aromatic heterocycles. The Hall–Kier alpha value is -2.70. The van der Waals surface area contributed by atoms with Crippen molar-refractivity contribution >= 4 is 17.5 Å². The van der Waals surface area contributed by atoms with E-state index in [0.29, 0.717) is 18.3 Å². The summed E-state index contributed by atoms with van der Waals surface area (Å²) >= 11 is 0. The molecular weight excluding hydrogens is 296 g/mol. The number of aryl methyl sites for hydroxylation is 2. The highest BCUT2D eigenvalue weighted by molar-refractivity contribution is 6.00. The Kier molecular flexibility index (Phi) is 4.10. The van der Waals surface area contributed by atoms with Gasteiger partial charge in [-0.05, 0) is 26.0 Å². The predicted octanol–water partition coefficient (Wildman–Crippen LogP) is 1.36. The zero-order chi connectivity index (χ0) is 16.4. The van der Waals surface area contributed by atoms with Gasteiger partial charge in [0.25, 0.3) is 0 Å². The van der Waals surface area contributed by atoms with Crippen LogP contribution in [0.4, 0.5) is 5.69 Å². The normalized spacial score (nSPS) is 17.6. The second kappa shape index (κ2) is 6.20. The van der Waals surface area contributed by atoms with E-state index in [4.69, 9.17) is 4.52 Å². The zero-order valence-corrected chi connectivity index (χ0v) is 13.1. The maximum atomic E-state index is 12.2. The minimum atomic E-state index is -0.368. The van der Waals surface area contributed by atoms with E-state index in [1.54, 1.807) is 11.8 Å². The van der Waals surface area contributed by atoms with Crippen molar-refractivity contribution < 1.29 is 14.1 Å². The molecule has 7 heteroatoms. The van der Waals surface area contributed by atoms with Crippen molar-refractivity contribution in [2.45, 2.75) is 26.8 Å². The van der Waals surface area contributed by atoms with Crippen molar-refractivity contribution in [1.82, 2.24) is 15.5 Å². The van der Waals surface area contributed by atoms with Crippen molar-refractivity contribution in [2.75, 3.05) is 11.4 Å². The average molecular weight is 314 g/mol. The average Bonchev–Trinajstić information content (AvgIpc) is 3.12. The van der Waals surface area contributed by atoms with Crippen LogP contribution in [0.5, 0.6) is 0 Å². The molecule has 2 heterocycles. The summed E-state index contributed by atoms with van der Waals surface area (Å²) in [4.78, 5) is 30.1. The van der Waals surface area contributed by atoms with E-state index in [1.165, 1.54) is 0 Å². The van der Waals surface area contributed by atoms with E-state index in [0.717, 1.165) is 11.3 Å². The third-order valence-corrected chi connectivity index (χ3v) is 3.82. The molecule has 2 amide bonds. The number of nitrogens with zero attached hydrogens (tertiary/aromatic N) is 3. The quantitative estimate of drug-likeness (QED) is 0.920. The van der Waals surface area contributed by atoms with E-state index < -0.39 is 0 Å². The molecule has 1 saturated heterocycles. The number of carbonyl (C=O) groups is 2. The van der Waals surface area contributed by atoms with E-state index >= 15 is 0 Å². The van der Waals surface area contributed by atoms with Gasteiger partial charge in [0.2, 0.25) is 17.7 Å². The van der Waals surface area contributed by atoms with Crippen molar-refractivity contribution in [3.05, 3.63) is 41.5 Å². The molecule has 120 valence electrons. The second-order valence-corrected chi connectivity index (χ2v) is 5.69. The fourth-order valence-corrected chi connectivity index (χ4v) is 2.58. The lowest BCUT2D eigenvalue weighted by Crippen LogP contribution is -2.32. The van der Waals surface area contributed by atoms with E-state index in [1.807, 2.05) is 31.2 Å². The molecule has 0 unspecified atom stereocenters. The molecule has 0 radical (unpaired) electrons. The molecular formula is C16H18N4O3. The second-order valence-electron chi connectivity index (χ2n) is 5.69. The predicted molar refractivity (Wildman–Crippen MR) is 82.5 cm³/mol. The zero-order valence-electron chi connectivity index (χ0n) is 13.1. The Balaban J connectivity index is 1.60. The summed E-state index contributed by atoms with van der Waals surface area (Å²) in [7, 11) is 0. The van der Waals surface area contributed by atoms with E-state index in [-0.39, 0.29) is 30.7 Å². The maximum Gasteiger partial charge on any atom is 0.246 e. The highest BCUT2D eigenvalue weighted by atomic mass is 16.5. The first-order valence-corrected chi connectivity index (χ1v) is 7.47. The Morgan fingerprint density at radius 2 is 2.09 bits per heavy atom. The smallest absolute Gasteiger partial charge is 0.246 e. The highest BCUT2D eigenvalue weighted by Crippen LogP contribution is 2.25. The number of nitrogens with one attached hydrogen (secondary N) is 1. The summed E-state index contributed by atoms with van der Waals surface area (Å²) in [6.45, 7) is 4.26. The van der Waals surface area contributed by atoms with Gasteiger partial charge in [0.15, 0.2) is 5.82 Å². The minimum absolute atomic E-state index is 0.0392. The number of rotatable bonds is 4. The van der Waals surface area contributed by atoms with Gasteiger partial charge in [0, 0.05) is 18.7 Å². The summed E-state index contributed by atoms with van der Waals surface area (Å²) in [5.41, 5.74) is 1.95. The van der Waals surface area contributed by atoms with Crippen molar-refractivity contribution in [1.29, 1.82) is 0 Å². The van der Waals surface area contributed by atoms with Crippen LogP contribution < -0.4 is 10.2 Å². The minimum Gasteiger partial charge on any atom is -0.347 e. The molecule has 1 atom stereocenters. The van der Waals surface area contributed by atoms with Gasteiger partial charge in [-0.3, -0.25) is 9.59 Å². The molecule has 1 aliphatic heterocycles. The van der Waals surface area contributed by atoms with Crippen LogP contribution in [0.3, 0.4) is 0 Å². The molecule has 0 saturated carbocycles. The summed E-state index contributed by atoms with van der Waals surface area (Å²) < 4.78 is 4.95. The number of amides is 2. The van der Waals surface area contributed by atoms with Crippen LogP contribution in [-0.4, -0.2) is 28.5 Å². The lowest BCUT2D eigenvalue weighted by Gasteiger charge is -2.16. The molecule has 2 aromatic rings. The van der Waals surface area contributed by atoms with E-state index in [9.17, 15) is 9.59 Å². The monoisotopic (exact) mass is 314 g/mol. The fraction of sp³-hybridized carbons (Fsp3) is 0.375. The molecule has 0 bridgehead atoms. The molecule has 1 aliphatic rings. The van der Waals surface area contributed by atoms with Gasteiger partial charge < -0.3 is 14.7 Å². The topological polar surface area (TPSA) is 88.3 Å². The van der Waals surface area contributed by atoms with Gasteiger partial charge in [-0.2, -0.15) is 4.98 Å². The van der Waals surface area contributed by atoms with Crippen LogP contribution in [0.1, 0.15) is 23.7 Å². The molecule has 1 N–H and O–H groups in total. The van der Waals surface area contributed by atoms with Gasteiger partial charge in [-0.15, -0.1) is 0 Å². The van der Waals surface area contributed by atoms with Crippen molar-refractivity contribution in [3.63, 3.8) is 0 Å². The van der Waals surface area contributed by atoms with Gasteiger partial charge >= 0.3 is 0 Å². The Morgan fingerprint density at radius 1 is 1.35 bits per heavy atom. The molecule has 3 rings (SSSR count). The standard InChI is InChI=1S/C16H18N4O3/c1-10-3-5-13(6-4-10)20-9-12(7-15(20)21)16(22)17-8-14-18-11(2)19-23-14/h3-6,12H,7-9H2,1-2H3,(H,17,22)/t12-/m1/s1. The fourth-order valence-electron chi connectivity index (χ4n) is 2.58. The summed E-state index contributed by atoms with van der Waals surface area (Å²) in [5.74, 6) is 0.297. The first-order valence-electron chi connectivity index (χ1n) is 7.47.